The first-order valence-electron chi connectivity index (χ1n) is 8.94. The van der Waals surface area contributed by atoms with Gasteiger partial charge in [0.2, 0.25) is 0 Å². The molecule has 136 valence electrons. The van der Waals surface area contributed by atoms with Crippen molar-refractivity contribution in [3.63, 3.8) is 0 Å². The Hall–Kier alpha value is -2.89. The Labute approximate surface area is 153 Å². The topological polar surface area (TPSA) is 76.1 Å². The molecular weight excluding hydrogens is 328 g/mol. The molecule has 0 unspecified atom stereocenters. The van der Waals surface area contributed by atoms with Crippen molar-refractivity contribution >= 4 is 23.3 Å². The number of methoxy groups -OCH3 is 1. The van der Waals surface area contributed by atoms with E-state index in [0.717, 1.165) is 24.5 Å². The minimum Gasteiger partial charge on any atom is -0.465 e. The maximum Gasteiger partial charge on any atom is 0.337 e. The standard InChI is InChI=1S/C20H24N4O2/c1-26-20(25)16-8-5-9-17(12-16)24-19-13-18(22-14-23-19)21-11-10-15-6-3-2-4-7-15/h5-6,8-9,12-14H,2-4,7,10-11H2,1H3,(H2,21,22,23,24). The van der Waals surface area contributed by atoms with E-state index in [1.165, 1.54) is 44.7 Å². The number of allylic oxidation sites excluding steroid dienone is 1. The van der Waals surface area contributed by atoms with Gasteiger partial charge in [0.05, 0.1) is 12.7 Å². The van der Waals surface area contributed by atoms with Crippen LogP contribution in [0.2, 0.25) is 0 Å². The SMILES string of the molecule is COC(=O)c1cccc(Nc2cc(NCCC3=CCCCC3)ncn2)c1. The average Bonchev–Trinajstić information content (AvgIpc) is 2.69. The van der Waals surface area contributed by atoms with E-state index < -0.39 is 0 Å². The molecule has 0 aliphatic heterocycles. The van der Waals surface area contributed by atoms with Crippen LogP contribution in [0.4, 0.5) is 17.3 Å². The number of aromatic nitrogens is 2. The van der Waals surface area contributed by atoms with Crippen molar-refractivity contribution < 1.29 is 9.53 Å². The fourth-order valence-electron chi connectivity index (χ4n) is 2.99. The second-order valence-corrected chi connectivity index (χ2v) is 6.27. The van der Waals surface area contributed by atoms with E-state index in [9.17, 15) is 4.79 Å². The predicted molar refractivity (Wildman–Crippen MR) is 103 cm³/mol. The van der Waals surface area contributed by atoms with Crippen LogP contribution in [0.1, 0.15) is 42.5 Å². The highest BCUT2D eigenvalue weighted by Crippen LogP contribution is 2.21. The van der Waals surface area contributed by atoms with Gasteiger partial charge in [-0.15, -0.1) is 0 Å². The van der Waals surface area contributed by atoms with E-state index in [0.29, 0.717) is 11.4 Å². The number of benzene rings is 1. The van der Waals surface area contributed by atoms with Gasteiger partial charge < -0.3 is 15.4 Å². The van der Waals surface area contributed by atoms with Gasteiger partial charge in [-0.05, 0) is 50.3 Å². The Morgan fingerprint density at radius 2 is 2.08 bits per heavy atom. The quantitative estimate of drug-likeness (QED) is 0.571. The van der Waals surface area contributed by atoms with Gasteiger partial charge in [0.15, 0.2) is 0 Å². The summed E-state index contributed by atoms with van der Waals surface area (Å²) in [5.41, 5.74) is 2.80. The van der Waals surface area contributed by atoms with Crippen molar-refractivity contribution in [1.29, 1.82) is 0 Å². The van der Waals surface area contributed by atoms with Gasteiger partial charge in [-0.3, -0.25) is 0 Å². The largest absolute Gasteiger partial charge is 0.465 e. The van der Waals surface area contributed by atoms with Crippen molar-refractivity contribution in [2.45, 2.75) is 32.1 Å². The third-order valence-corrected chi connectivity index (χ3v) is 4.36. The third-order valence-electron chi connectivity index (χ3n) is 4.36. The molecule has 0 bridgehead atoms. The van der Waals surface area contributed by atoms with Crippen LogP contribution in [-0.2, 0) is 4.74 Å². The van der Waals surface area contributed by atoms with E-state index in [1.54, 1.807) is 18.2 Å². The van der Waals surface area contributed by atoms with Crippen LogP contribution >= 0.6 is 0 Å². The number of hydrogen-bond acceptors (Lipinski definition) is 6. The van der Waals surface area contributed by atoms with Gasteiger partial charge in [-0.1, -0.05) is 17.7 Å². The molecular formula is C20H24N4O2. The number of hydrogen-bond donors (Lipinski definition) is 2. The first kappa shape index (κ1) is 17.9. The van der Waals surface area contributed by atoms with Gasteiger partial charge in [0, 0.05) is 18.3 Å². The molecule has 1 aromatic carbocycles. The van der Waals surface area contributed by atoms with E-state index >= 15 is 0 Å². The van der Waals surface area contributed by atoms with E-state index in [2.05, 4.69) is 26.7 Å². The van der Waals surface area contributed by atoms with Crippen molar-refractivity contribution in [2.24, 2.45) is 0 Å². The van der Waals surface area contributed by atoms with Crippen LogP contribution in [0, 0.1) is 0 Å². The van der Waals surface area contributed by atoms with Gasteiger partial charge in [-0.25, -0.2) is 14.8 Å². The first-order chi connectivity index (χ1) is 12.7. The summed E-state index contributed by atoms with van der Waals surface area (Å²) in [4.78, 5) is 20.1. The van der Waals surface area contributed by atoms with Crippen LogP contribution in [-0.4, -0.2) is 29.6 Å². The van der Waals surface area contributed by atoms with Crippen LogP contribution in [0.3, 0.4) is 0 Å². The fourth-order valence-corrected chi connectivity index (χ4v) is 2.99. The fraction of sp³-hybridized carbons (Fsp3) is 0.350. The van der Waals surface area contributed by atoms with Gasteiger partial charge >= 0.3 is 5.97 Å². The van der Waals surface area contributed by atoms with Crippen LogP contribution in [0.25, 0.3) is 0 Å². The number of carbonyl (C=O) groups is 1. The summed E-state index contributed by atoms with van der Waals surface area (Å²) in [6.45, 7) is 0.861. The molecule has 1 aromatic heterocycles. The van der Waals surface area contributed by atoms with Crippen molar-refractivity contribution in [3.05, 3.63) is 53.9 Å². The minimum atomic E-state index is -0.365. The number of carbonyl (C=O) groups excluding carboxylic acids is 1. The molecule has 0 atom stereocenters. The number of rotatable bonds is 7. The molecule has 6 nitrogen and oxygen atoms in total. The Bertz CT molecular complexity index is 789. The molecule has 0 fully saturated rings. The molecule has 6 heteroatoms. The molecule has 2 N–H and O–H groups in total. The van der Waals surface area contributed by atoms with Crippen LogP contribution < -0.4 is 10.6 Å². The van der Waals surface area contributed by atoms with Gasteiger partial charge in [0.1, 0.15) is 18.0 Å². The predicted octanol–water partition coefficient (Wildman–Crippen LogP) is 4.31. The maximum atomic E-state index is 11.6. The number of nitrogens with zero attached hydrogens (tertiary/aromatic N) is 2. The second kappa shape index (κ2) is 8.99. The van der Waals surface area contributed by atoms with Crippen molar-refractivity contribution in [1.82, 2.24) is 9.97 Å². The van der Waals surface area contributed by atoms with E-state index in [1.807, 2.05) is 12.1 Å². The average molecular weight is 352 g/mol. The first-order valence-corrected chi connectivity index (χ1v) is 8.94. The Balaban J connectivity index is 1.58. The smallest absolute Gasteiger partial charge is 0.337 e. The summed E-state index contributed by atoms with van der Waals surface area (Å²) in [5, 5.41) is 6.54. The maximum absolute atomic E-state index is 11.6. The molecule has 0 saturated heterocycles. The third kappa shape index (κ3) is 5.05. The zero-order valence-electron chi connectivity index (χ0n) is 15.0. The lowest BCUT2D eigenvalue weighted by Gasteiger charge is -2.13. The normalized spacial score (nSPS) is 13.7. The molecule has 26 heavy (non-hydrogen) atoms. The number of ether oxygens (including phenoxy) is 1. The lowest BCUT2D eigenvalue weighted by atomic mass is 9.97. The second-order valence-electron chi connectivity index (χ2n) is 6.27. The zero-order valence-corrected chi connectivity index (χ0v) is 15.0. The van der Waals surface area contributed by atoms with E-state index in [4.69, 9.17) is 4.74 Å². The molecule has 3 rings (SSSR count). The lowest BCUT2D eigenvalue weighted by Crippen LogP contribution is -2.07. The summed E-state index contributed by atoms with van der Waals surface area (Å²) in [7, 11) is 1.37. The lowest BCUT2D eigenvalue weighted by molar-refractivity contribution is 0.0601. The summed E-state index contributed by atoms with van der Waals surface area (Å²) >= 11 is 0. The molecule has 0 saturated carbocycles. The molecule has 1 heterocycles. The summed E-state index contributed by atoms with van der Waals surface area (Å²) in [6, 6.07) is 8.98. The van der Waals surface area contributed by atoms with Gasteiger partial charge in [-0.2, -0.15) is 0 Å². The molecule has 0 radical (unpaired) electrons. The molecule has 1 aliphatic rings. The van der Waals surface area contributed by atoms with Crippen LogP contribution in [0.5, 0.6) is 0 Å². The minimum absolute atomic E-state index is 0.365. The number of esters is 1. The summed E-state index contributed by atoms with van der Waals surface area (Å²) in [6.07, 6.45) is 9.98. The molecule has 0 spiro atoms. The highest BCUT2D eigenvalue weighted by molar-refractivity contribution is 5.90. The van der Waals surface area contributed by atoms with Gasteiger partial charge in [0.25, 0.3) is 0 Å². The molecule has 1 aliphatic carbocycles. The van der Waals surface area contributed by atoms with Crippen LogP contribution in [0.15, 0.2) is 48.3 Å². The Morgan fingerprint density at radius 3 is 2.88 bits per heavy atom. The van der Waals surface area contributed by atoms with Crippen molar-refractivity contribution in [2.75, 3.05) is 24.3 Å². The number of nitrogens with one attached hydrogen (secondary N) is 2. The summed E-state index contributed by atoms with van der Waals surface area (Å²) in [5.74, 6) is 1.08. The summed E-state index contributed by atoms with van der Waals surface area (Å²) < 4.78 is 4.75. The van der Waals surface area contributed by atoms with E-state index in [-0.39, 0.29) is 5.97 Å². The Kier molecular flexibility index (Phi) is 6.19. The molecule has 2 aromatic rings. The number of anilines is 3. The van der Waals surface area contributed by atoms with Crippen molar-refractivity contribution in [3.8, 4) is 0 Å². The monoisotopic (exact) mass is 352 g/mol. The highest BCUT2D eigenvalue weighted by atomic mass is 16.5. The molecule has 0 amide bonds. The zero-order chi connectivity index (χ0) is 18.2. The highest BCUT2D eigenvalue weighted by Gasteiger charge is 2.07. The Morgan fingerprint density at radius 1 is 1.19 bits per heavy atom.